The van der Waals surface area contributed by atoms with Crippen molar-refractivity contribution in [1.29, 1.82) is 0 Å². The van der Waals surface area contributed by atoms with Crippen molar-refractivity contribution in [2.45, 2.75) is 64.9 Å². The lowest BCUT2D eigenvalue weighted by Crippen LogP contribution is -2.08. The number of hydrogen-bond donors (Lipinski definition) is 0. The number of pyridine rings is 1. The molecule has 0 aliphatic rings. The summed E-state index contributed by atoms with van der Waals surface area (Å²) >= 11 is 0. The van der Waals surface area contributed by atoms with Crippen LogP contribution in [0.15, 0.2) is 73.5 Å². The molecule has 0 aliphatic carbocycles. The summed E-state index contributed by atoms with van der Waals surface area (Å²) < 4.78 is 5.88. The highest BCUT2D eigenvalue weighted by molar-refractivity contribution is 5.88. The molecular formula is C30H37NO. The fourth-order valence-electron chi connectivity index (χ4n) is 3.87. The second-order valence-electron chi connectivity index (χ2n) is 8.57. The van der Waals surface area contributed by atoms with Crippen LogP contribution in [0.1, 0.15) is 63.6 Å². The molecule has 0 spiro atoms. The number of aromatic nitrogens is 1. The summed E-state index contributed by atoms with van der Waals surface area (Å²) in [6.45, 7) is 9.10. The molecule has 3 rings (SSSR count). The van der Waals surface area contributed by atoms with Crippen LogP contribution in [0.25, 0.3) is 28.0 Å². The fourth-order valence-corrected chi connectivity index (χ4v) is 3.87. The summed E-state index contributed by atoms with van der Waals surface area (Å²) in [7, 11) is 0. The first kappa shape index (κ1) is 23.9. The maximum atomic E-state index is 5.88. The van der Waals surface area contributed by atoms with Crippen LogP contribution < -0.4 is 0 Å². The molecule has 2 nitrogen and oxygen atoms in total. The quantitative estimate of drug-likeness (QED) is 0.202. The van der Waals surface area contributed by atoms with Gasteiger partial charge < -0.3 is 4.74 Å². The van der Waals surface area contributed by atoms with E-state index in [-0.39, 0.29) is 0 Å². The molecule has 0 amide bonds. The third-order valence-electron chi connectivity index (χ3n) is 5.82. The van der Waals surface area contributed by atoms with E-state index >= 15 is 0 Å². The molecule has 3 aromatic rings. The monoisotopic (exact) mass is 427 g/mol. The third-order valence-corrected chi connectivity index (χ3v) is 5.82. The second-order valence-corrected chi connectivity index (χ2v) is 8.57. The van der Waals surface area contributed by atoms with Crippen molar-refractivity contribution in [3.8, 4) is 11.1 Å². The van der Waals surface area contributed by atoms with Crippen molar-refractivity contribution in [2.24, 2.45) is 0 Å². The number of hydrogen-bond acceptors (Lipinski definition) is 2. The number of allylic oxidation sites excluding steroid dienone is 2. The Bertz CT molecular complexity index is 1000. The van der Waals surface area contributed by atoms with Crippen molar-refractivity contribution >= 4 is 16.8 Å². The van der Waals surface area contributed by atoms with E-state index in [0.29, 0.717) is 6.10 Å². The Morgan fingerprint density at radius 2 is 1.78 bits per heavy atom. The first-order valence-corrected chi connectivity index (χ1v) is 12.1. The Balaban J connectivity index is 1.52. The molecule has 32 heavy (non-hydrogen) atoms. The number of benzene rings is 2. The Morgan fingerprint density at radius 1 is 0.969 bits per heavy atom. The van der Waals surface area contributed by atoms with Crippen molar-refractivity contribution in [3.63, 3.8) is 0 Å². The highest BCUT2D eigenvalue weighted by Crippen LogP contribution is 2.25. The van der Waals surface area contributed by atoms with E-state index in [1.165, 1.54) is 47.6 Å². The zero-order valence-electron chi connectivity index (χ0n) is 19.7. The topological polar surface area (TPSA) is 22.1 Å². The first-order valence-electron chi connectivity index (χ1n) is 12.1. The van der Waals surface area contributed by atoms with Crippen LogP contribution in [0.3, 0.4) is 0 Å². The van der Waals surface area contributed by atoms with Crippen molar-refractivity contribution in [2.75, 3.05) is 6.61 Å². The molecule has 0 saturated heterocycles. The van der Waals surface area contributed by atoms with Crippen LogP contribution in [-0.2, 0) is 11.2 Å². The normalized spacial score (nSPS) is 12.4. The third kappa shape index (κ3) is 7.46. The minimum absolute atomic E-state index is 0.364. The van der Waals surface area contributed by atoms with Gasteiger partial charge >= 0.3 is 0 Å². The van der Waals surface area contributed by atoms with Crippen molar-refractivity contribution in [3.05, 3.63) is 84.7 Å². The van der Waals surface area contributed by atoms with Crippen molar-refractivity contribution < 1.29 is 4.74 Å². The minimum atomic E-state index is 0.364. The van der Waals surface area contributed by atoms with Gasteiger partial charge in [0.05, 0.1) is 6.10 Å². The number of ether oxygens (including phenoxy) is 1. The van der Waals surface area contributed by atoms with Gasteiger partial charge in [-0.2, -0.15) is 0 Å². The summed E-state index contributed by atoms with van der Waals surface area (Å²) in [6, 6.07) is 17.5. The summed E-state index contributed by atoms with van der Waals surface area (Å²) in [6.07, 6.45) is 16.6. The molecular weight excluding hydrogens is 390 g/mol. The van der Waals surface area contributed by atoms with Gasteiger partial charge in [0, 0.05) is 30.5 Å². The lowest BCUT2D eigenvalue weighted by Gasteiger charge is -2.12. The molecule has 2 aromatic carbocycles. The van der Waals surface area contributed by atoms with Crippen LogP contribution >= 0.6 is 0 Å². The predicted octanol–water partition coefficient (Wildman–Crippen LogP) is 8.41. The first-order chi connectivity index (χ1) is 15.7. The van der Waals surface area contributed by atoms with Gasteiger partial charge in [-0.1, -0.05) is 68.3 Å². The predicted molar refractivity (Wildman–Crippen MR) is 139 cm³/mol. The van der Waals surface area contributed by atoms with Gasteiger partial charge in [-0.15, -0.1) is 6.58 Å². The molecule has 1 atom stereocenters. The van der Waals surface area contributed by atoms with Crippen molar-refractivity contribution in [1.82, 2.24) is 4.98 Å². The van der Waals surface area contributed by atoms with Gasteiger partial charge in [0.25, 0.3) is 0 Å². The highest BCUT2D eigenvalue weighted by atomic mass is 16.5. The Hall–Kier alpha value is -2.71. The number of rotatable bonds is 13. The minimum Gasteiger partial charge on any atom is -0.379 e. The van der Waals surface area contributed by atoms with E-state index in [1.807, 2.05) is 12.3 Å². The van der Waals surface area contributed by atoms with Gasteiger partial charge in [-0.25, -0.2) is 0 Å². The van der Waals surface area contributed by atoms with Gasteiger partial charge in [0.1, 0.15) is 0 Å². The zero-order valence-corrected chi connectivity index (χ0v) is 19.7. The summed E-state index contributed by atoms with van der Waals surface area (Å²) in [5.74, 6) is 0. The highest BCUT2D eigenvalue weighted by Gasteiger charge is 2.03. The zero-order chi connectivity index (χ0) is 22.6. The van der Waals surface area contributed by atoms with Gasteiger partial charge in [0.15, 0.2) is 0 Å². The maximum Gasteiger partial charge on any atom is 0.0547 e. The van der Waals surface area contributed by atoms with Crippen LogP contribution in [-0.4, -0.2) is 17.7 Å². The maximum absolute atomic E-state index is 5.88. The van der Waals surface area contributed by atoms with Crippen LogP contribution in [0, 0.1) is 0 Å². The lowest BCUT2D eigenvalue weighted by atomic mass is 10.0. The Kier molecular flexibility index (Phi) is 9.71. The summed E-state index contributed by atoms with van der Waals surface area (Å²) in [4.78, 5) is 4.53. The van der Waals surface area contributed by atoms with E-state index < -0.39 is 0 Å². The number of unbranched alkanes of at least 4 members (excludes halogenated alkanes) is 3. The molecule has 0 fully saturated rings. The SMILES string of the molecule is C=CCc1ccc(-c2ccc3cc(C=CCCCC(C)OCCCCC)ccc3c2)cn1. The molecule has 1 aromatic heterocycles. The fraction of sp³-hybridized carbons (Fsp3) is 0.367. The summed E-state index contributed by atoms with van der Waals surface area (Å²) in [5, 5.41) is 2.52. The van der Waals surface area contributed by atoms with E-state index in [9.17, 15) is 0 Å². The standard InChI is InChI=1S/C30H37NO/c1-4-6-10-20-32-24(3)12-8-7-9-13-25-14-15-27-22-28(17-16-26(27)21-25)29-18-19-30(11-5-2)31-23-29/h5,9,13-19,21-24H,2,4,6-8,10-12,20H2,1,3H3. The van der Waals surface area contributed by atoms with Crippen LogP contribution in [0.4, 0.5) is 0 Å². The Morgan fingerprint density at radius 3 is 2.56 bits per heavy atom. The molecule has 1 unspecified atom stereocenters. The van der Waals surface area contributed by atoms with Gasteiger partial charge in [-0.05, 0) is 72.7 Å². The molecule has 0 bridgehead atoms. The molecule has 1 heterocycles. The van der Waals surface area contributed by atoms with E-state index in [4.69, 9.17) is 4.74 Å². The average molecular weight is 428 g/mol. The summed E-state index contributed by atoms with van der Waals surface area (Å²) in [5.41, 5.74) is 4.65. The molecule has 0 saturated carbocycles. The number of nitrogens with zero attached hydrogens (tertiary/aromatic N) is 1. The van der Waals surface area contributed by atoms with E-state index in [2.05, 4.69) is 86.1 Å². The van der Waals surface area contributed by atoms with E-state index in [1.54, 1.807) is 0 Å². The van der Waals surface area contributed by atoms with Crippen LogP contribution in [0.2, 0.25) is 0 Å². The van der Waals surface area contributed by atoms with Crippen LogP contribution in [0.5, 0.6) is 0 Å². The molecule has 168 valence electrons. The molecule has 0 aliphatic heterocycles. The van der Waals surface area contributed by atoms with Gasteiger partial charge in [0.2, 0.25) is 0 Å². The largest absolute Gasteiger partial charge is 0.379 e. The number of fused-ring (bicyclic) bond motifs is 1. The molecule has 0 N–H and O–H groups in total. The smallest absolute Gasteiger partial charge is 0.0547 e. The average Bonchev–Trinajstić information content (AvgIpc) is 2.82. The molecule has 0 radical (unpaired) electrons. The second kappa shape index (κ2) is 13.0. The van der Waals surface area contributed by atoms with E-state index in [0.717, 1.165) is 37.1 Å². The Labute approximate surface area is 194 Å². The lowest BCUT2D eigenvalue weighted by molar-refractivity contribution is 0.0566. The molecule has 2 heteroatoms. The van der Waals surface area contributed by atoms with Gasteiger partial charge in [-0.3, -0.25) is 4.98 Å².